The molecule has 0 bridgehead atoms. The largest absolute Gasteiger partial charge is 0.495 e. The normalized spacial score (nSPS) is 10.3. The van der Waals surface area contributed by atoms with Crippen molar-refractivity contribution in [3.05, 3.63) is 46.3 Å². The molecule has 1 N–H and O–H groups in total. The standard InChI is InChI=1S/C13H14BrNO2/c1-9-3-5-11(12(7-9)16-2)15-8-10-4-6-13(14)17-10/h3-7,15H,8H2,1-2H3. The molecule has 2 rings (SSSR count). The van der Waals surface area contributed by atoms with Crippen LogP contribution in [0.25, 0.3) is 0 Å². The van der Waals surface area contributed by atoms with Crippen molar-refractivity contribution in [1.29, 1.82) is 0 Å². The lowest BCUT2D eigenvalue weighted by molar-refractivity contribution is 0.415. The molecule has 0 radical (unpaired) electrons. The molecule has 17 heavy (non-hydrogen) atoms. The predicted molar refractivity (Wildman–Crippen MR) is 71.5 cm³/mol. The fourth-order valence-corrected chi connectivity index (χ4v) is 1.91. The van der Waals surface area contributed by atoms with Crippen LogP contribution in [0.2, 0.25) is 0 Å². The smallest absolute Gasteiger partial charge is 0.169 e. The van der Waals surface area contributed by atoms with Crippen LogP contribution < -0.4 is 10.1 Å². The van der Waals surface area contributed by atoms with Gasteiger partial charge in [0.15, 0.2) is 4.67 Å². The van der Waals surface area contributed by atoms with Gasteiger partial charge in [-0.2, -0.15) is 0 Å². The average molecular weight is 296 g/mol. The van der Waals surface area contributed by atoms with Gasteiger partial charge in [-0.05, 0) is 52.7 Å². The highest BCUT2D eigenvalue weighted by Crippen LogP contribution is 2.26. The number of rotatable bonds is 4. The summed E-state index contributed by atoms with van der Waals surface area (Å²) in [4.78, 5) is 0. The lowest BCUT2D eigenvalue weighted by Crippen LogP contribution is -2.00. The topological polar surface area (TPSA) is 34.4 Å². The lowest BCUT2D eigenvalue weighted by Gasteiger charge is -2.10. The SMILES string of the molecule is COc1cc(C)ccc1NCc1ccc(Br)o1. The zero-order valence-electron chi connectivity index (χ0n) is 9.79. The molecule has 0 spiro atoms. The predicted octanol–water partition coefficient (Wildman–Crippen LogP) is 3.97. The Kier molecular flexibility index (Phi) is 3.74. The first-order chi connectivity index (χ1) is 8.19. The minimum atomic E-state index is 0.630. The summed E-state index contributed by atoms with van der Waals surface area (Å²) in [5.74, 6) is 1.72. The molecule has 0 aliphatic heterocycles. The quantitative estimate of drug-likeness (QED) is 0.927. The van der Waals surface area contributed by atoms with E-state index in [0.29, 0.717) is 6.54 Å². The summed E-state index contributed by atoms with van der Waals surface area (Å²) in [6.07, 6.45) is 0. The third-order valence-corrected chi connectivity index (χ3v) is 2.87. The molecule has 0 amide bonds. The van der Waals surface area contributed by atoms with Crippen molar-refractivity contribution in [1.82, 2.24) is 0 Å². The molecule has 0 unspecified atom stereocenters. The van der Waals surface area contributed by atoms with Gasteiger partial charge in [0, 0.05) is 0 Å². The number of furan rings is 1. The van der Waals surface area contributed by atoms with Crippen LogP contribution in [-0.2, 0) is 6.54 Å². The van der Waals surface area contributed by atoms with Gasteiger partial charge in [0.1, 0.15) is 11.5 Å². The van der Waals surface area contributed by atoms with Crippen LogP contribution in [0.3, 0.4) is 0 Å². The summed E-state index contributed by atoms with van der Waals surface area (Å²) < 4.78 is 11.5. The zero-order valence-corrected chi connectivity index (χ0v) is 11.4. The number of halogens is 1. The maximum atomic E-state index is 5.42. The van der Waals surface area contributed by atoms with E-state index in [1.807, 2.05) is 37.3 Å². The number of methoxy groups -OCH3 is 1. The van der Waals surface area contributed by atoms with Gasteiger partial charge in [0.25, 0.3) is 0 Å². The molecule has 0 aliphatic carbocycles. The monoisotopic (exact) mass is 295 g/mol. The molecule has 2 aromatic rings. The van der Waals surface area contributed by atoms with Crippen LogP contribution in [0.5, 0.6) is 5.75 Å². The van der Waals surface area contributed by atoms with Crippen LogP contribution in [-0.4, -0.2) is 7.11 Å². The highest BCUT2D eigenvalue weighted by atomic mass is 79.9. The number of hydrogen-bond donors (Lipinski definition) is 1. The van der Waals surface area contributed by atoms with Gasteiger partial charge in [-0.3, -0.25) is 0 Å². The lowest BCUT2D eigenvalue weighted by atomic mass is 10.2. The molecule has 0 aliphatic rings. The van der Waals surface area contributed by atoms with E-state index in [1.165, 1.54) is 5.56 Å². The summed E-state index contributed by atoms with van der Waals surface area (Å²) in [6, 6.07) is 9.86. The van der Waals surface area contributed by atoms with Crippen molar-refractivity contribution in [2.45, 2.75) is 13.5 Å². The Morgan fingerprint density at radius 2 is 2.12 bits per heavy atom. The van der Waals surface area contributed by atoms with Gasteiger partial charge < -0.3 is 14.5 Å². The van der Waals surface area contributed by atoms with Crippen molar-refractivity contribution >= 4 is 21.6 Å². The van der Waals surface area contributed by atoms with Gasteiger partial charge >= 0.3 is 0 Å². The molecule has 1 heterocycles. The zero-order chi connectivity index (χ0) is 12.3. The minimum Gasteiger partial charge on any atom is -0.495 e. The average Bonchev–Trinajstić information content (AvgIpc) is 2.73. The van der Waals surface area contributed by atoms with Crippen molar-refractivity contribution < 1.29 is 9.15 Å². The molecule has 0 saturated heterocycles. The van der Waals surface area contributed by atoms with E-state index in [-0.39, 0.29) is 0 Å². The van der Waals surface area contributed by atoms with Gasteiger partial charge in [0.05, 0.1) is 19.3 Å². The number of benzene rings is 1. The first-order valence-corrected chi connectivity index (χ1v) is 6.11. The van der Waals surface area contributed by atoms with Crippen molar-refractivity contribution in [3.8, 4) is 5.75 Å². The first kappa shape index (κ1) is 12.0. The Balaban J connectivity index is 2.08. The molecular formula is C13H14BrNO2. The van der Waals surface area contributed by atoms with Crippen LogP contribution in [0.15, 0.2) is 39.4 Å². The molecule has 4 heteroatoms. The molecule has 0 atom stereocenters. The first-order valence-electron chi connectivity index (χ1n) is 5.32. The minimum absolute atomic E-state index is 0.630. The van der Waals surface area contributed by atoms with Crippen molar-refractivity contribution in [3.63, 3.8) is 0 Å². The molecule has 0 fully saturated rings. The summed E-state index contributed by atoms with van der Waals surface area (Å²) in [5, 5.41) is 3.28. The Morgan fingerprint density at radius 3 is 2.76 bits per heavy atom. The van der Waals surface area contributed by atoms with Crippen LogP contribution in [0.1, 0.15) is 11.3 Å². The second kappa shape index (κ2) is 5.27. The fraction of sp³-hybridized carbons (Fsp3) is 0.231. The maximum Gasteiger partial charge on any atom is 0.169 e. The van der Waals surface area contributed by atoms with Crippen LogP contribution in [0, 0.1) is 6.92 Å². The van der Waals surface area contributed by atoms with Gasteiger partial charge in [-0.1, -0.05) is 6.07 Å². The summed E-state index contributed by atoms with van der Waals surface area (Å²) in [5.41, 5.74) is 2.14. The molecule has 3 nitrogen and oxygen atoms in total. The molecule has 0 saturated carbocycles. The van der Waals surface area contributed by atoms with E-state index >= 15 is 0 Å². The van der Waals surface area contributed by atoms with E-state index in [9.17, 15) is 0 Å². The van der Waals surface area contributed by atoms with Crippen LogP contribution >= 0.6 is 15.9 Å². The number of anilines is 1. The summed E-state index contributed by atoms with van der Waals surface area (Å²) in [7, 11) is 1.67. The number of hydrogen-bond acceptors (Lipinski definition) is 3. The molecular weight excluding hydrogens is 282 g/mol. The van der Waals surface area contributed by atoms with Crippen molar-refractivity contribution in [2.24, 2.45) is 0 Å². The summed E-state index contributed by atoms with van der Waals surface area (Å²) in [6.45, 7) is 2.67. The Labute approximate surface area is 109 Å². The van der Waals surface area contributed by atoms with E-state index < -0.39 is 0 Å². The second-order valence-electron chi connectivity index (χ2n) is 3.76. The van der Waals surface area contributed by atoms with Crippen LogP contribution in [0.4, 0.5) is 5.69 Å². The van der Waals surface area contributed by atoms with Gasteiger partial charge in [-0.25, -0.2) is 0 Å². The Bertz CT molecular complexity index is 508. The Hall–Kier alpha value is -1.42. The summed E-state index contributed by atoms with van der Waals surface area (Å²) >= 11 is 3.28. The van der Waals surface area contributed by atoms with E-state index in [0.717, 1.165) is 21.9 Å². The number of nitrogens with one attached hydrogen (secondary N) is 1. The third-order valence-electron chi connectivity index (χ3n) is 2.44. The maximum absolute atomic E-state index is 5.42. The van der Waals surface area contributed by atoms with Gasteiger partial charge in [0.2, 0.25) is 0 Å². The van der Waals surface area contributed by atoms with E-state index in [4.69, 9.17) is 9.15 Å². The fourth-order valence-electron chi connectivity index (χ4n) is 1.57. The van der Waals surface area contributed by atoms with E-state index in [1.54, 1.807) is 7.11 Å². The molecule has 1 aromatic heterocycles. The second-order valence-corrected chi connectivity index (χ2v) is 4.54. The van der Waals surface area contributed by atoms with Crippen molar-refractivity contribution in [2.75, 3.05) is 12.4 Å². The highest BCUT2D eigenvalue weighted by Gasteiger charge is 2.04. The van der Waals surface area contributed by atoms with Gasteiger partial charge in [-0.15, -0.1) is 0 Å². The van der Waals surface area contributed by atoms with E-state index in [2.05, 4.69) is 21.2 Å². The molecule has 90 valence electrons. The Morgan fingerprint density at radius 1 is 1.29 bits per heavy atom. The highest BCUT2D eigenvalue weighted by molar-refractivity contribution is 9.10. The number of ether oxygens (including phenoxy) is 1. The third kappa shape index (κ3) is 3.03. The number of aryl methyl sites for hydroxylation is 1. The molecule has 1 aromatic carbocycles.